The standard InChI is InChI=1S/C31H32FNO7S/c1-17-11-22(39-21-9-10-41(36,37)33-15-21)12-18(2)30(17)24-5-7-26(32)31-25(24)6-8-27(31)40-20-3-4-23-19(13-29(34)35)16-38-28(23)14-20/h3-5,7,11-12,14,19,21,27,33H,6,8-10,13,15-16H2,1-2H3,(H,34,35)/t19?,21?,27-/m1/s1. The lowest BCUT2D eigenvalue weighted by Gasteiger charge is -2.25. The van der Waals surface area contributed by atoms with Gasteiger partial charge < -0.3 is 19.3 Å². The van der Waals surface area contributed by atoms with Crippen LogP contribution in [-0.4, -0.2) is 44.5 Å². The number of carboxylic acids is 1. The Kier molecular flexibility index (Phi) is 7.15. The number of aryl methyl sites for hydroxylation is 2. The van der Waals surface area contributed by atoms with Crippen LogP contribution in [0.4, 0.5) is 4.39 Å². The minimum Gasteiger partial charge on any atom is -0.492 e. The summed E-state index contributed by atoms with van der Waals surface area (Å²) in [5.41, 5.74) is 6.30. The molecule has 0 radical (unpaired) electrons. The Morgan fingerprint density at radius 3 is 2.56 bits per heavy atom. The van der Waals surface area contributed by atoms with E-state index in [0.717, 1.165) is 33.4 Å². The topological polar surface area (TPSA) is 111 Å². The van der Waals surface area contributed by atoms with Crippen molar-refractivity contribution in [3.63, 3.8) is 0 Å². The van der Waals surface area contributed by atoms with E-state index in [-0.39, 0.29) is 36.6 Å². The van der Waals surface area contributed by atoms with Crippen molar-refractivity contribution in [3.8, 4) is 28.4 Å². The molecule has 0 bridgehead atoms. The van der Waals surface area contributed by atoms with Gasteiger partial charge in [0.1, 0.15) is 35.3 Å². The summed E-state index contributed by atoms with van der Waals surface area (Å²) in [6.45, 7) is 4.56. The molecule has 216 valence electrons. The Bertz CT molecular complexity index is 1600. The zero-order chi connectivity index (χ0) is 28.9. The molecule has 2 heterocycles. The van der Waals surface area contributed by atoms with Crippen LogP contribution in [0.5, 0.6) is 17.2 Å². The number of fused-ring (bicyclic) bond motifs is 2. The Labute approximate surface area is 238 Å². The third-order valence-electron chi connectivity index (χ3n) is 8.16. The number of benzene rings is 3. The number of carboxylic acid groups (broad SMARTS) is 1. The van der Waals surface area contributed by atoms with Crippen LogP contribution in [0.2, 0.25) is 0 Å². The van der Waals surface area contributed by atoms with Crippen molar-refractivity contribution in [2.75, 3.05) is 18.9 Å². The normalized spacial score (nSPS) is 22.5. The van der Waals surface area contributed by atoms with Crippen molar-refractivity contribution >= 4 is 16.0 Å². The molecular weight excluding hydrogens is 549 g/mol. The van der Waals surface area contributed by atoms with Gasteiger partial charge in [0.05, 0.1) is 18.8 Å². The van der Waals surface area contributed by atoms with Crippen molar-refractivity contribution < 1.29 is 36.9 Å². The fourth-order valence-corrected chi connectivity index (χ4v) is 7.45. The highest BCUT2D eigenvalue weighted by Gasteiger charge is 2.32. The third kappa shape index (κ3) is 5.50. The molecule has 41 heavy (non-hydrogen) atoms. The maximum atomic E-state index is 15.3. The quantitative estimate of drug-likeness (QED) is 0.395. The second-order valence-corrected chi connectivity index (χ2v) is 13.0. The van der Waals surface area contributed by atoms with Crippen LogP contribution in [0.25, 0.3) is 11.1 Å². The highest BCUT2D eigenvalue weighted by atomic mass is 32.2. The molecule has 1 fully saturated rings. The third-order valence-corrected chi connectivity index (χ3v) is 9.54. The zero-order valence-corrected chi connectivity index (χ0v) is 23.7. The predicted molar refractivity (Wildman–Crippen MR) is 151 cm³/mol. The van der Waals surface area contributed by atoms with Crippen LogP contribution in [0.15, 0.2) is 42.5 Å². The van der Waals surface area contributed by atoms with Crippen LogP contribution in [0.1, 0.15) is 59.1 Å². The molecule has 2 N–H and O–H groups in total. The van der Waals surface area contributed by atoms with Gasteiger partial charge in [-0.3, -0.25) is 4.79 Å². The molecular formula is C31H32FNO7S. The number of hydrogen-bond acceptors (Lipinski definition) is 6. The van der Waals surface area contributed by atoms with Crippen molar-refractivity contribution in [2.45, 2.75) is 57.7 Å². The highest BCUT2D eigenvalue weighted by Crippen LogP contribution is 2.45. The van der Waals surface area contributed by atoms with E-state index in [1.807, 2.05) is 38.1 Å². The summed E-state index contributed by atoms with van der Waals surface area (Å²) in [5.74, 6) is 0.526. The molecule has 2 aliphatic heterocycles. The van der Waals surface area contributed by atoms with Crippen molar-refractivity contribution in [1.82, 2.24) is 4.72 Å². The summed E-state index contributed by atoms with van der Waals surface area (Å²) < 4.78 is 59.3. The summed E-state index contributed by atoms with van der Waals surface area (Å²) in [5, 5.41) is 9.16. The maximum absolute atomic E-state index is 15.3. The summed E-state index contributed by atoms with van der Waals surface area (Å²) in [6.07, 6.45) is 1.03. The molecule has 3 aromatic rings. The predicted octanol–water partition coefficient (Wildman–Crippen LogP) is 5.20. The molecule has 3 aromatic carbocycles. The van der Waals surface area contributed by atoms with E-state index in [9.17, 15) is 13.2 Å². The summed E-state index contributed by atoms with van der Waals surface area (Å²) in [4.78, 5) is 11.2. The number of aliphatic carboxylic acids is 1. The van der Waals surface area contributed by atoms with E-state index in [2.05, 4.69) is 4.72 Å². The Hall–Kier alpha value is -3.63. The molecule has 8 nitrogen and oxygen atoms in total. The molecule has 3 aliphatic rings. The van der Waals surface area contributed by atoms with Crippen LogP contribution >= 0.6 is 0 Å². The van der Waals surface area contributed by atoms with Gasteiger partial charge in [-0.25, -0.2) is 17.5 Å². The first-order chi connectivity index (χ1) is 19.6. The number of nitrogens with one attached hydrogen (secondary N) is 1. The van der Waals surface area contributed by atoms with E-state index < -0.39 is 22.1 Å². The molecule has 2 unspecified atom stereocenters. The lowest BCUT2D eigenvalue weighted by Crippen LogP contribution is -2.43. The minimum atomic E-state index is -3.21. The van der Waals surface area contributed by atoms with Gasteiger partial charge in [-0.05, 0) is 78.8 Å². The van der Waals surface area contributed by atoms with Gasteiger partial charge in [0.15, 0.2) is 0 Å². The van der Waals surface area contributed by atoms with Gasteiger partial charge >= 0.3 is 5.97 Å². The summed E-state index contributed by atoms with van der Waals surface area (Å²) in [7, 11) is -3.21. The van der Waals surface area contributed by atoms with Gasteiger partial charge in [-0.2, -0.15) is 0 Å². The van der Waals surface area contributed by atoms with Gasteiger partial charge in [-0.1, -0.05) is 12.1 Å². The minimum absolute atomic E-state index is 0.00520. The first-order valence-corrected chi connectivity index (χ1v) is 15.5. The smallest absolute Gasteiger partial charge is 0.304 e. The zero-order valence-electron chi connectivity index (χ0n) is 22.9. The molecule has 6 rings (SSSR count). The number of halogens is 1. The average Bonchev–Trinajstić information content (AvgIpc) is 3.51. The van der Waals surface area contributed by atoms with Crippen molar-refractivity contribution in [1.29, 1.82) is 0 Å². The number of hydrogen-bond donors (Lipinski definition) is 2. The largest absolute Gasteiger partial charge is 0.492 e. The Morgan fingerprint density at radius 2 is 1.85 bits per heavy atom. The number of sulfonamides is 1. The highest BCUT2D eigenvalue weighted by molar-refractivity contribution is 7.89. The summed E-state index contributed by atoms with van der Waals surface area (Å²) >= 11 is 0. The Balaban J connectivity index is 1.24. The summed E-state index contributed by atoms with van der Waals surface area (Å²) in [6, 6.07) is 12.6. The number of rotatable bonds is 7. The molecule has 10 heteroatoms. The van der Waals surface area contributed by atoms with Gasteiger partial charge in [0, 0.05) is 36.1 Å². The molecule has 0 spiro atoms. The van der Waals surface area contributed by atoms with E-state index in [1.165, 1.54) is 6.07 Å². The number of carbonyl (C=O) groups is 1. The number of ether oxygens (including phenoxy) is 3. The van der Waals surface area contributed by atoms with Gasteiger partial charge in [0.2, 0.25) is 10.0 Å². The first-order valence-electron chi connectivity index (χ1n) is 13.8. The second kappa shape index (κ2) is 10.6. The SMILES string of the molecule is Cc1cc(OC2CCS(=O)(=O)NC2)cc(C)c1-c1ccc(F)c2c1CC[C@H]2Oc1ccc2c(c1)OCC2CC(=O)O. The Morgan fingerprint density at radius 1 is 1.07 bits per heavy atom. The van der Waals surface area contributed by atoms with E-state index in [4.69, 9.17) is 19.3 Å². The molecule has 1 aliphatic carbocycles. The van der Waals surface area contributed by atoms with E-state index >= 15 is 4.39 Å². The van der Waals surface area contributed by atoms with Crippen LogP contribution in [0, 0.1) is 19.7 Å². The molecule has 0 saturated carbocycles. The van der Waals surface area contributed by atoms with Crippen molar-refractivity contribution in [3.05, 3.63) is 76.1 Å². The van der Waals surface area contributed by atoms with Crippen molar-refractivity contribution in [2.24, 2.45) is 0 Å². The lowest BCUT2D eigenvalue weighted by atomic mass is 9.90. The lowest BCUT2D eigenvalue weighted by molar-refractivity contribution is -0.137. The van der Waals surface area contributed by atoms with E-state index in [0.29, 0.717) is 48.7 Å². The monoisotopic (exact) mass is 581 g/mol. The van der Waals surface area contributed by atoms with Crippen LogP contribution in [0.3, 0.4) is 0 Å². The maximum Gasteiger partial charge on any atom is 0.304 e. The van der Waals surface area contributed by atoms with Gasteiger partial charge in [0.25, 0.3) is 0 Å². The first kappa shape index (κ1) is 27.5. The fraction of sp³-hybridized carbons (Fsp3) is 0.387. The average molecular weight is 582 g/mol. The second-order valence-electron chi connectivity index (χ2n) is 11.1. The van der Waals surface area contributed by atoms with Crippen LogP contribution in [-0.2, 0) is 21.2 Å². The van der Waals surface area contributed by atoms with Crippen LogP contribution < -0.4 is 18.9 Å². The van der Waals surface area contributed by atoms with Gasteiger partial charge in [-0.15, -0.1) is 0 Å². The van der Waals surface area contributed by atoms with E-state index in [1.54, 1.807) is 12.1 Å². The molecule has 0 amide bonds. The fourth-order valence-electron chi connectivity index (χ4n) is 6.29. The molecule has 1 saturated heterocycles. The molecule has 0 aromatic heterocycles. The molecule has 3 atom stereocenters.